The molecule has 0 saturated carbocycles. The fourth-order valence-corrected chi connectivity index (χ4v) is 4.93. The van der Waals surface area contributed by atoms with Gasteiger partial charge in [0, 0.05) is 29.4 Å². The van der Waals surface area contributed by atoms with Crippen molar-refractivity contribution in [3.8, 4) is 28.8 Å². The van der Waals surface area contributed by atoms with Crippen LogP contribution in [0.15, 0.2) is 102 Å². The fraction of sp³-hybridized carbons (Fsp3) is 0.200. The number of amides is 2. The minimum atomic E-state index is -0.535. The molecule has 7 nitrogen and oxygen atoms in total. The zero-order valence-corrected chi connectivity index (χ0v) is 24.0. The molecule has 5 rings (SSSR count). The van der Waals surface area contributed by atoms with Gasteiger partial charge in [-0.15, -0.1) is 0 Å². The van der Waals surface area contributed by atoms with Crippen molar-refractivity contribution in [2.75, 3.05) is 6.54 Å². The number of carbonyl (C=O) groups is 2. The molecule has 1 aromatic heterocycles. The van der Waals surface area contributed by atoms with Crippen LogP contribution in [-0.2, 0) is 16.2 Å². The van der Waals surface area contributed by atoms with E-state index in [-0.39, 0.29) is 12.1 Å². The number of hydrogen-bond acceptors (Lipinski definition) is 5. The van der Waals surface area contributed by atoms with Gasteiger partial charge in [0.05, 0.1) is 11.4 Å². The Hall–Kier alpha value is -5.22. The van der Waals surface area contributed by atoms with Crippen molar-refractivity contribution in [2.24, 2.45) is 0 Å². The maximum atomic E-state index is 13.6. The van der Waals surface area contributed by atoms with Crippen LogP contribution in [0, 0.1) is 18.3 Å². The lowest BCUT2D eigenvalue weighted by Gasteiger charge is -2.27. The number of nitriles is 1. The monoisotopic (exact) mass is 556 g/mol. The van der Waals surface area contributed by atoms with Gasteiger partial charge in [0.2, 0.25) is 0 Å². The van der Waals surface area contributed by atoms with Crippen molar-refractivity contribution in [2.45, 2.75) is 40.2 Å². The van der Waals surface area contributed by atoms with Gasteiger partial charge in [-0.1, -0.05) is 61.9 Å². The van der Waals surface area contributed by atoms with Crippen LogP contribution < -0.4 is 4.74 Å². The molecule has 0 saturated heterocycles. The first-order chi connectivity index (χ1) is 20.4. The molecule has 2 amide bonds. The number of rotatable bonds is 9. The van der Waals surface area contributed by atoms with E-state index < -0.39 is 11.8 Å². The first-order valence-corrected chi connectivity index (χ1v) is 14.0. The predicted molar refractivity (Wildman–Crippen MR) is 162 cm³/mol. The second-order valence-corrected chi connectivity index (χ2v) is 10.3. The lowest BCUT2D eigenvalue weighted by Crippen LogP contribution is -2.43. The Bertz CT molecular complexity index is 1730. The number of para-hydroxylation sites is 1. The highest BCUT2D eigenvalue weighted by molar-refractivity contribution is 6.19. The summed E-state index contributed by atoms with van der Waals surface area (Å²) in [7, 11) is 0. The first-order valence-electron chi connectivity index (χ1n) is 14.0. The van der Waals surface area contributed by atoms with Crippen LogP contribution >= 0.6 is 0 Å². The van der Waals surface area contributed by atoms with E-state index in [4.69, 9.17) is 9.84 Å². The summed E-state index contributed by atoms with van der Waals surface area (Å²) in [5.74, 6) is -0.160. The summed E-state index contributed by atoms with van der Waals surface area (Å²) in [6.45, 7) is 6.37. The van der Waals surface area contributed by atoms with Crippen LogP contribution in [0.3, 0.4) is 0 Å². The molecule has 42 heavy (non-hydrogen) atoms. The Kier molecular flexibility index (Phi) is 8.44. The number of ether oxygens (including phenoxy) is 1. The molecule has 0 unspecified atom stereocenters. The standard InChI is InChI=1S/C35H32N4O3/c1-4-5-18-38-34(40)30(25(3)31(21-36)35(38)41)20-28-22-39(29-14-10-7-11-15-29)37-33(28)27-16-17-32(24(2)19-27)42-23-26-12-8-6-9-13-26/h6-17,19-20,22H,4-5,18,23H2,1-3H3/b30-20+. The van der Waals surface area contributed by atoms with E-state index in [0.29, 0.717) is 35.4 Å². The van der Waals surface area contributed by atoms with Gasteiger partial charge in [-0.3, -0.25) is 14.5 Å². The molecular weight excluding hydrogens is 524 g/mol. The second-order valence-electron chi connectivity index (χ2n) is 10.3. The molecule has 2 heterocycles. The molecule has 1 aliphatic rings. The minimum Gasteiger partial charge on any atom is -0.489 e. The molecule has 3 aromatic carbocycles. The fourth-order valence-electron chi connectivity index (χ4n) is 4.93. The average Bonchev–Trinajstić information content (AvgIpc) is 3.44. The van der Waals surface area contributed by atoms with Crippen molar-refractivity contribution < 1.29 is 14.3 Å². The van der Waals surface area contributed by atoms with Gasteiger partial charge < -0.3 is 4.74 Å². The molecule has 0 radical (unpaired) electrons. The highest BCUT2D eigenvalue weighted by atomic mass is 16.5. The number of carbonyl (C=O) groups excluding carboxylic acids is 2. The van der Waals surface area contributed by atoms with Gasteiger partial charge in [-0.2, -0.15) is 10.4 Å². The van der Waals surface area contributed by atoms with Gasteiger partial charge >= 0.3 is 0 Å². The van der Waals surface area contributed by atoms with Gasteiger partial charge in [0.15, 0.2) is 0 Å². The number of aromatic nitrogens is 2. The first kappa shape index (κ1) is 28.3. The van der Waals surface area contributed by atoms with Crippen LogP contribution in [0.2, 0.25) is 0 Å². The number of unbranched alkanes of at least 4 members (excludes halogenated alkanes) is 1. The lowest BCUT2D eigenvalue weighted by molar-refractivity contribution is -0.140. The van der Waals surface area contributed by atoms with E-state index in [2.05, 4.69) is 0 Å². The Morgan fingerprint density at radius 2 is 1.67 bits per heavy atom. The largest absolute Gasteiger partial charge is 0.489 e. The van der Waals surface area contributed by atoms with E-state index in [0.717, 1.165) is 34.5 Å². The van der Waals surface area contributed by atoms with Crippen molar-refractivity contribution in [3.63, 3.8) is 0 Å². The van der Waals surface area contributed by atoms with E-state index in [1.54, 1.807) is 17.7 Å². The van der Waals surface area contributed by atoms with E-state index in [1.165, 1.54) is 4.90 Å². The zero-order chi connectivity index (χ0) is 29.6. The van der Waals surface area contributed by atoms with E-state index in [9.17, 15) is 14.9 Å². The van der Waals surface area contributed by atoms with Gasteiger partial charge in [-0.25, -0.2) is 4.68 Å². The van der Waals surface area contributed by atoms with Crippen LogP contribution in [0.1, 0.15) is 43.4 Å². The molecule has 0 fully saturated rings. The van der Waals surface area contributed by atoms with Crippen molar-refractivity contribution in [1.82, 2.24) is 14.7 Å². The molecule has 210 valence electrons. The summed E-state index contributed by atoms with van der Waals surface area (Å²) in [6, 6.07) is 27.6. The third kappa shape index (κ3) is 5.79. The SMILES string of the molecule is CCCCN1C(=O)C(C#N)=C(C)/C(=C\c2cn(-c3ccccc3)nc2-c2ccc(OCc3ccccc3)c(C)c2)C1=O. The zero-order valence-electron chi connectivity index (χ0n) is 24.0. The Morgan fingerprint density at radius 3 is 2.33 bits per heavy atom. The van der Waals surface area contributed by atoms with Crippen molar-refractivity contribution in [3.05, 3.63) is 118 Å². The highest BCUT2D eigenvalue weighted by Crippen LogP contribution is 2.33. The van der Waals surface area contributed by atoms with Gasteiger partial charge in [-0.05, 0) is 73.4 Å². The number of nitrogens with zero attached hydrogens (tertiary/aromatic N) is 4. The molecule has 1 aliphatic heterocycles. The molecule has 0 aliphatic carbocycles. The number of aryl methyl sites for hydroxylation is 1. The molecule has 0 spiro atoms. The number of benzene rings is 3. The maximum absolute atomic E-state index is 13.6. The summed E-state index contributed by atoms with van der Waals surface area (Å²) in [4.78, 5) is 27.7. The normalized spacial score (nSPS) is 14.4. The lowest BCUT2D eigenvalue weighted by atomic mass is 9.93. The second kappa shape index (κ2) is 12.5. The molecule has 7 heteroatoms. The molecule has 0 N–H and O–H groups in total. The topological polar surface area (TPSA) is 88.2 Å². The number of imide groups is 1. The minimum absolute atomic E-state index is 0.00952. The van der Waals surface area contributed by atoms with Crippen LogP contribution in [0.5, 0.6) is 5.75 Å². The van der Waals surface area contributed by atoms with Crippen LogP contribution in [0.25, 0.3) is 23.0 Å². The highest BCUT2D eigenvalue weighted by Gasteiger charge is 2.35. The summed E-state index contributed by atoms with van der Waals surface area (Å²) < 4.78 is 7.86. The summed E-state index contributed by atoms with van der Waals surface area (Å²) >= 11 is 0. The summed E-state index contributed by atoms with van der Waals surface area (Å²) in [6.07, 6.45) is 5.10. The van der Waals surface area contributed by atoms with E-state index in [1.807, 2.05) is 105 Å². The molecule has 4 aromatic rings. The Morgan fingerprint density at radius 1 is 0.952 bits per heavy atom. The van der Waals surface area contributed by atoms with Gasteiger partial charge in [0.1, 0.15) is 24.0 Å². The molecular formula is C35H32N4O3. The smallest absolute Gasteiger partial charge is 0.271 e. The van der Waals surface area contributed by atoms with Crippen molar-refractivity contribution >= 4 is 17.9 Å². The molecule has 0 atom stereocenters. The third-order valence-electron chi connectivity index (χ3n) is 7.31. The van der Waals surface area contributed by atoms with Crippen molar-refractivity contribution in [1.29, 1.82) is 5.26 Å². The van der Waals surface area contributed by atoms with E-state index >= 15 is 0 Å². The van der Waals surface area contributed by atoms with Crippen LogP contribution in [0.4, 0.5) is 0 Å². The summed E-state index contributed by atoms with van der Waals surface area (Å²) in [5, 5.41) is 14.7. The van der Waals surface area contributed by atoms with Crippen LogP contribution in [-0.4, -0.2) is 33.0 Å². The molecule has 0 bridgehead atoms. The maximum Gasteiger partial charge on any atom is 0.271 e. The average molecular weight is 557 g/mol. The quantitative estimate of drug-likeness (QED) is 0.167. The Balaban J connectivity index is 1.58. The Labute approximate surface area is 246 Å². The third-order valence-corrected chi connectivity index (χ3v) is 7.31. The predicted octanol–water partition coefficient (Wildman–Crippen LogP) is 6.82. The van der Waals surface area contributed by atoms with Gasteiger partial charge in [0.25, 0.3) is 11.8 Å². The summed E-state index contributed by atoms with van der Waals surface area (Å²) in [5.41, 5.74) is 5.79. The number of hydrogen-bond donors (Lipinski definition) is 0.